The second-order valence-corrected chi connectivity index (χ2v) is 6.66. The fourth-order valence-electron chi connectivity index (χ4n) is 3.01. The number of halogens is 1. The quantitative estimate of drug-likeness (QED) is 0.899. The lowest BCUT2D eigenvalue weighted by atomic mass is 10.0. The third kappa shape index (κ3) is 4.16. The van der Waals surface area contributed by atoms with Gasteiger partial charge in [0.05, 0.1) is 18.1 Å². The predicted octanol–water partition coefficient (Wildman–Crippen LogP) is 3.49. The molecule has 0 radical (unpaired) electrons. The summed E-state index contributed by atoms with van der Waals surface area (Å²) in [6.45, 7) is 3.97. The van der Waals surface area contributed by atoms with Gasteiger partial charge in [-0.1, -0.05) is 35.3 Å². The van der Waals surface area contributed by atoms with Crippen molar-refractivity contribution in [3.8, 4) is 11.3 Å². The minimum atomic E-state index is 0.0195. The fraction of sp³-hybridized carbons (Fsp3) is 0.444. The van der Waals surface area contributed by atoms with E-state index in [0.717, 1.165) is 18.5 Å². The number of hydrogen-bond donors (Lipinski definition) is 1. The Morgan fingerprint density at radius 1 is 1.42 bits per heavy atom. The molecule has 2 heterocycles. The highest BCUT2D eigenvalue weighted by Crippen LogP contribution is 2.27. The zero-order valence-electron chi connectivity index (χ0n) is 13.8. The molecule has 0 aliphatic carbocycles. The summed E-state index contributed by atoms with van der Waals surface area (Å²) in [5.74, 6) is 0.626. The zero-order chi connectivity index (χ0) is 16.9. The largest absolute Gasteiger partial charge is 0.356 e. The standard InChI is InChI=1S/C18H22ClN3O2/c1-13-6-4-5-9-22(13)12-18(23)20-11-14-10-17(24-21-14)15-7-2-3-8-16(15)19/h2-3,7-8,10,13H,4-6,9,11-12H2,1H3,(H,20,23). The molecule has 0 bridgehead atoms. The Balaban J connectivity index is 1.54. The van der Waals surface area contributed by atoms with Crippen LogP contribution in [0.3, 0.4) is 0 Å². The Morgan fingerprint density at radius 2 is 2.25 bits per heavy atom. The van der Waals surface area contributed by atoms with Crippen LogP contribution in [0.15, 0.2) is 34.9 Å². The monoisotopic (exact) mass is 347 g/mol. The van der Waals surface area contributed by atoms with Crippen molar-refractivity contribution in [3.05, 3.63) is 41.0 Å². The molecule has 24 heavy (non-hydrogen) atoms. The van der Waals surface area contributed by atoms with Crippen LogP contribution < -0.4 is 5.32 Å². The highest BCUT2D eigenvalue weighted by atomic mass is 35.5. The molecule has 5 nitrogen and oxygen atoms in total. The third-order valence-corrected chi connectivity index (χ3v) is 4.78. The summed E-state index contributed by atoms with van der Waals surface area (Å²) in [5.41, 5.74) is 1.48. The highest BCUT2D eigenvalue weighted by Gasteiger charge is 2.20. The van der Waals surface area contributed by atoms with Gasteiger partial charge in [-0.15, -0.1) is 0 Å². The Morgan fingerprint density at radius 3 is 3.04 bits per heavy atom. The Kier molecular flexibility index (Phi) is 5.53. The molecule has 0 spiro atoms. The lowest BCUT2D eigenvalue weighted by Gasteiger charge is -2.32. The van der Waals surface area contributed by atoms with Crippen LogP contribution in [0.5, 0.6) is 0 Å². The second-order valence-electron chi connectivity index (χ2n) is 6.25. The molecule has 3 rings (SSSR count). The van der Waals surface area contributed by atoms with Gasteiger partial charge in [0.1, 0.15) is 5.69 Å². The minimum Gasteiger partial charge on any atom is -0.356 e. The van der Waals surface area contributed by atoms with Crippen molar-refractivity contribution >= 4 is 17.5 Å². The fourth-order valence-corrected chi connectivity index (χ4v) is 3.23. The van der Waals surface area contributed by atoms with Gasteiger partial charge in [-0.2, -0.15) is 0 Å². The SMILES string of the molecule is CC1CCCCN1CC(=O)NCc1cc(-c2ccccc2Cl)on1. The summed E-state index contributed by atoms with van der Waals surface area (Å²) >= 11 is 6.15. The van der Waals surface area contributed by atoms with E-state index >= 15 is 0 Å². The first-order valence-corrected chi connectivity index (χ1v) is 8.72. The van der Waals surface area contributed by atoms with Gasteiger partial charge >= 0.3 is 0 Å². The second kappa shape index (κ2) is 7.81. The minimum absolute atomic E-state index is 0.0195. The number of likely N-dealkylation sites (tertiary alicyclic amines) is 1. The molecule has 128 valence electrons. The van der Waals surface area contributed by atoms with E-state index < -0.39 is 0 Å². The maximum atomic E-state index is 12.1. The number of aromatic nitrogens is 1. The topological polar surface area (TPSA) is 58.4 Å². The van der Waals surface area contributed by atoms with Crippen LogP contribution in [0.1, 0.15) is 31.9 Å². The maximum Gasteiger partial charge on any atom is 0.234 e. The van der Waals surface area contributed by atoms with E-state index in [9.17, 15) is 4.79 Å². The van der Waals surface area contributed by atoms with E-state index in [1.54, 1.807) is 6.07 Å². The Bertz CT molecular complexity index is 701. The van der Waals surface area contributed by atoms with Gasteiger partial charge in [0.15, 0.2) is 5.76 Å². The zero-order valence-corrected chi connectivity index (χ0v) is 14.6. The average Bonchev–Trinajstić information content (AvgIpc) is 3.04. The lowest BCUT2D eigenvalue weighted by Crippen LogP contribution is -2.44. The molecule has 1 aromatic heterocycles. The van der Waals surface area contributed by atoms with E-state index in [1.807, 2.05) is 24.3 Å². The van der Waals surface area contributed by atoms with E-state index in [-0.39, 0.29) is 5.91 Å². The number of nitrogens with zero attached hydrogens (tertiary/aromatic N) is 2. The summed E-state index contributed by atoms with van der Waals surface area (Å²) in [6, 6.07) is 9.73. The van der Waals surface area contributed by atoms with Crippen LogP contribution in [0.2, 0.25) is 5.02 Å². The Hall–Kier alpha value is -1.85. The number of nitrogens with one attached hydrogen (secondary N) is 1. The average molecular weight is 348 g/mol. The van der Waals surface area contributed by atoms with Crippen LogP contribution in [-0.4, -0.2) is 35.1 Å². The van der Waals surface area contributed by atoms with E-state index in [0.29, 0.717) is 35.6 Å². The molecule has 0 saturated carbocycles. The lowest BCUT2D eigenvalue weighted by molar-refractivity contribution is -0.123. The molecule has 1 aliphatic rings. The molecule has 1 unspecified atom stereocenters. The van der Waals surface area contributed by atoms with Crippen molar-refractivity contribution in [2.24, 2.45) is 0 Å². The van der Waals surface area contributed by atoms with Gasteiger partial charge in [0.25, 0.3) is 0 Å². The van der Waals surface area contributed by atoms with Crippen LogP contribution in [0, 0.1) is 0 Å². The van der Waals surface area contributed by atoms with Crippen LogP contribution in [0.25, 0.3) is 11.3 Å². The smallest absolute Gasteiger partial charge is 0.234 e. The van der Waals surface area contributed by atoms with Gasteiger partial charge < -0.3 is 9.84 Å². The number of benzene rings is 1. The van der Waals surface area contributed by atoms with Gasteiger partial charge in [-0.05, 0) is 38.4 Å². The van der Waals surface area contributed by atoms with Crippen LogP contribution in [0.4, 0.5) is 0 Å². The molecule has 6 heteroatoms. The van der Waals surface area contributed by atoms with E-state index in [2.05, 4.69) is 22.3 Å². The molecular weight excluding hydrogens is 326 g/mol. The first kappa shape index (κ1) is 17.0. The molecule has 1 atom stereocenters. The van der Waals surface area contributed by atoms with Crippen molar-refractivity contribution in [3.63, 3.8) is 0 Å². The molecule has 1 amide bonds. The molecule has 1 aliphatic heterocycles. The van der Waals surface area contributed by atoms with Crippen molar-refractivity contribution in [1.29, 1.82) is 0 Å². The molecule has 1 saturated heterocycles. The normalized spacial score (nSPS) is 18.5. The number of rotatable bonds is 5. The first-order valence-electron chi connectivity index (χ1n) is 8.35. The number of carbonyl (C=O) groups is 1. The number of carbonyl (C=O) groups excluding carboxylic acids is 1. The summed E-state index contributed by atoms with van der Waals surface area (Å²) in [7, 11) is 0. The van der Waals surface area contributed by atoms with E-state index in [1.165, 1.54) is 12.8 Å². The molecule has 1 fully saturated rings. The van der Waals surface area contributed by atoms with Crippen LogP contribution in [-0.2, 0) is 11.3 Å². The van der Waals surface area contributed by atoms with E-state index in [4.69, 9.17) is 16.1 Å². The third-order valence-electron chi connectivity index (χ3n) is 4.45. The van der Waals surface area contributed by atoms with Crippen LogP contribution >= 0.6 is 11.6 Å². The number of piperidine rings is 1. The summed E-state index contributed by atoms with van der Waals surface area (Å²) in [4.78, 5) is 14.4. The van der Waals surface area contributed by atoms with Crippen molar-refractivity contribution in [2.75, 3.05) is 13.1 Å². The summed E-state index contributed by atoms with van der Waals surface area (Å²) < 4.78 is 5.33. The Labute approximate surface area is 147 Å². The van der Waals surface area contributed by atoms with Crippen molar-refractivity contribution in [2.45, 2.75) is 38.8 Å². The van der Waals surface area contributed by atoms with Gasteiger partial charge in [-0.25, -0.2) is 0 Å². The number of amides is 1. The van der Waals surface area contributed by atoms with Gasteiger partial charge in [0, 0.05) is 17.7 Å². The first-order chi connectivity index (χ1) is 11.6. The molecule has 1 aromatic carbocycles. The summed E-state index contributed by atoms with van der Waals surface area (Å²) in [6.07, 6.45) is 3.59. The molecule has 1 N–H and O–H groups in total. The van der Waals surface area contributed by atoms with Crippen molar-refractivity contribution < 1.29 is 9.32 Å². The maximum absolute atomic E-state index is 12.1. The van der Waals surface area contributed by atoms with Gasteiger partial charge in [0.2, 0.25) is 5.91 Å². The van der Waals surface area contributed by atoms with Gasteiger partial charge in [-0.3, -0.25) is 9.69 Å². The number of hydrogen-bond acceptors (Lipinski definition) is 4. The van der Waals surface area contributed by atoms with Crippen molar-refractivity contribution in [1.82, 2.24) is 15.4 Å². The summed E-state index contributed by atoms with van der Waals surface area (Å²) in [5, 5.41) is 7.53. The molecular formula is C18H22ClN3O2. The predicted molar refractivity (Wildman–Crippen MR) is 93.7 cm³/mol. The molecule has 2 aromatic rings. The highest BCUT2D eigenvalue weighted by molar-refractivity contribution is 6.33.